The first kappa shape index (κ1) is 76.3. The zero-order valence-electron chi connectivity index (χ0n) is 2.02. The molecule has 0 aliphatic heterocycles. The van der Waals surface area contributed by atoms with Gasteiger partial charge in [0, 0.05) is 36.0 Å². The average Bonchev–Trinajstić information content (AvgIpc) is 0. The van der Waals surface area contributed by atoms with Crippen molar-refractivity contribution in [2.75, 3.05) is 0 Å². The van der Waals surface area contributed by atoms with Crippen LogP contribution in [0.25, 0.3) is 0 Å². The van der Waals surface area contributed by atoms with Crippen LogP contribution in [0.3, 0.4) is 0 Å². The summed E-state index contributed by atoms with van der Waals surface area (Å²) in [6, 6.07) is 0. The molecule has 0 aliphatic carbocycles. The predicted octanol–water partition coefficient (Wildman–Crippen LogP) is -1.65. The Kier molecular flexibility index (Phi) is 661. The smallest absolute Gasteiger partial charge is 0 e. The van der Waals surface area contributed by atoms with Crippen LogP contribution in [0.15, 0.2) is 0 Å². The minimum atomic E-state index is 0. The first-order valence-electron chi connectivity index (χ1n) is 0. The molecule has 0 aromatic rings. The standard InChI is InChI=1S/Ni.2H2O.Zn/h;2*1H2;. The van der Waals surface area contributed by atoms with Gasteiger partial charge >= 0.3 is 0 Å². The summed E-state index contributed by atoms with van der Waals surface area (Å²) in [5, 5.41) is 0. The molecule has 0 atom stereocenters. The monoisotopic (exact) mass is 158 g/mol. The van der Waals surface area contributed by atoms with Gasteiger partial charge in [0.05, 0.1) is 0 Å². The van der Waals surface area contributed by atoms with Crippen LogP contribution in [0.5, 0.6) is 0 Å². The molecule has 4 heavy (non-hydrogen) atoms. The molecule has 0 rings (SSSR count). The van der Waals surface area contributed by atoms with Gasteiger partial charge in [0.2, 0.25) is 0 Å². The SMILES string of the molecule is O.O.[Ni].[Zn]. The molecule has 4 N–H and O–H groups in total. The largest absolute Gasteiger partial charge is 0.412 e. The third-order valence-electron chi connectivity index (χ3n) is 0. The van der Waals surface area contributed by atoms with Crippen molar-refractivity contribution < 1.29 is 46.9 Å². The topological polar surface area (TPSA) is 63.0 Å². The van der Waals surface area contributed by atoms with E-state index in [2.05, 4.69) is 0 Å². The van der Waals surface area contributed by atoms with Gasteiger partial charge in [-0.25, -0.2) is 0 Å². The quantitative estimate of drug-likeness (QED) is 0.381. The third-order valence-corrected chi connectivity index (χ3v) is 0. The van der Waals surface area contributed by atoms with E-state index in [0.29, 0.717) is 0 Å². The normalized spacial score (nSPS) is 0. The molecule has 0 heterocycles. The van der Waals surface area contributed by atoms with E-state index < -0.39 is 0 Å². The molecule has 4 heteroatoms. The zero-order chi connectivity index (χ0) is 0. The molecule has 0 aromatic heterocycles. The van der Waals surface area contributed by atoms with Gasteiger partial charge in [0.15, 0.2) is 0 Å². The molecule has 0 radical (unpaired) electrons. The molecule has 0 aromatic carbocycles. The Morgan fingerprint density at radius 3 is 0.750 bits per heavy atom. The fourth-order valence-electron chi connectivity index (χ4n) is 0. The van der Waals surface area contributed by atoms with E-state index in [4.69, 9.17) is 0 Å². The Morgan fingerprint density at radius 2 is 0.750 bits per heavy atom. The summed E-state index contributed by atoms with van der Waals surface area (Å²) in [7, 11) is 0. The molecule has 0 bridgehead atoms. The Hall–Kier alpha value is 1.04. The van der Waals surface area contributed by atoms with Gasteiger partial charge in [-0.15, -0.1) is 0 Å². The average molecular weight is 160 g/mol. The summed E-state index contributed by atoms with van der Waals surface area (Å²) in [6.45, 7) is 0. The van der Waals surface area contributed by atoms with Crippen molar-refractivity contribution in [3.63, 3.8) is 0 Å². The maximum Gasteiger partial charge on any atom is 0 e. The molecule has 0 amide bonds. The van der Waals surface area contributed by atoms with Crippen molar-refractivity contribution in [2.45, 2.75) is 0 Å². The second kappa shape index (κ2) is 34.6. The molecule has 0 saturated carbocycles. The van der Waals surface area contributed by atoms with E-state index in [1.807, 2.05) is 0 Å². The van der Waals surface area contributed by atoms with Gasteiger partial charge in [0.1, 0.15) is 0 Å². The molecule has 2 nitrogen and oxygen atoms in total. The minimum absolute atomic E-state index is 0. The van der Waals surface area contributed by atoms with Crippen LogP contribution in [0, 0.1) is 0 Å². The summed E-state index contributed by atoms with van der Waals surface area (Å²) in [6.07, 6.45) is 0. The van der Waals surface area contributed by atoms with Crippen LogP contribution < -0.4 is 0 Å². The van der Waals surface area contributed by atoms with Crippen molar-refractivity contribution in [3.8, 4) is 0 Å². The fraction of sp³-hybridized carbons (Fsp3) is 0. The summed E-state index contributed by atoms with van der Waals surface area (Å²) in [4.78, 5) is 0. The van der Waals surface area contributed by atoms with E-state index in [0.717, 1.165) is 0 Å². The Labute approximate surface area is 47.3 Å². The van der Waals surface area contributed by atoms with Gasteiger partial charge in [-0.05, 0) is 0 Å². The Bertz CT molecular complexity index is 6.00. The fourth-order valence-corrected chi connectivity index (χ4v) is 0. The molecule has 0 saturated heterocycles. The molecule has 0 unspecified atom stereocenters. The molecule has 28 valence electrons. The minimum Gasteiger partial charge on any atom is -0.412 e. The van der Waals surface area contributed by atoms with E-state index >= 15 is 0 Å². The summed E-state index contributed by atoms with van der Waals surface area (Å²) in [5.74, 6) is 0. The van der Waals surface area contributed by atoms with Gasteiger partial charge in [0.25, 0.3) is 0 Å². The predicted molar refractivity (Wildman–Crippen MR) is 7.23 cm³/mol. The van der Waals surface area contributed by atoms with Crippen LogP contribution in [0.4, 0.5) is 0 Å². The summed E-state index contributed by atoms with van der Waals surface area (Å²) >= 11 is 0. The first-order chi connectivity index (χ1) is 0. The van der Waals surface area contributed by atoms with Crippen LogP contribution in [0.2, 0.25) is 0 Å². The van der Waals surface area contributed by atoms with Crippen LogP contribution in [0.1, 0.15) is 0 Å². The summed E-state index contributed by atoms with van der Waals surface area (Å²) in [5.41, 5.74) is 0. The van der Waals surface area contributed by atoms with E-state index in [1.165, 1.54) is 0 Å². The maximum absolute atomic E-state index is 0. The van der Waals surface area contributed by atoms with Gasteiger partial charge in [-0.3, -0.25) is 0 Å². The first-order valence-corrected chi connectivity index (χ1v) is 0. The molecule has 0 fully saturated rings. The van der Waals surface area contributed by atoms with E-state index in [1.54, 1.807) is 0 Å². The van der Waals surface area contributed by atoms with E-state index in [9.17, 15) is 0 Å². The summed E-state index contributed by atoms with van der Waals surface area (Å²) < 4.78 is 0. The second-order valence-electron chi connectivity index (χ2n) is 0. The van der Waals surface area contributed by atoms with E-state index in [-0.39, 0.29) is 46.9 Å². The number of hydrogen-bond acceptors (Lipinski definition) is 0. The molecule has 0 spiro atoms. The van der Waals surface area contributed by atoms with Crippen LogP contribution in [-0.2, 0) is 36.0 Å². The second-order valence-corrected chi connectivity index (χ2v) is 0. The van der Waals surface area contributed by atoms with Crippen molar-refractivity contribution in [1.29, 1.82) is 0 Å². The van der Waals surface area contributed by atoms with Crippen molar-refractivity contribution in [1.82, 2.24) is 0 Å². The van der Waals surface area contributed by atoms with Crippen molar-refractivity contribution in [2.24, 2.45) is 0 Å². The molecule has 0 aliphatic rings. The van der Waals surface area contributed by atoms with Gasteiger partial charge in [-0.2, -0.15) is 0 Å². The maximum atomic E-state index is 0. The molecular formula is H4NiO2Zn. The number of rotatable bonds is 0. The van der Waals surface area contributed by atoms with Gasteiger partial charge in [-0.1, -0.05) is 0 Å². The van der Waals surface area contributed by atoms with Gasteiger partial charge < -0.3 is 11.0 Å². The van der Waals surface area contributed by atoms with Crippen molar-refractivity contribution in [3.05, 3.63) is 0 Å². The zero-order valence-corrected chi connectivity index (χ0v) is 5.98. The van der Waals surface area contributed by atoms with Crippen LogP contribution in [-0.4, -0.2) is 11.0 Å². The van der Waals surface area contributed by atoms with Crippen LogP contribution >= 0.6 is 0 Å². The Balaban J connectivity index is 0. The molecular weight excluding hydrogens is 156 g/mol. The Morgan fingerprint density at radius 1 is 0.750 bits per heavy atom. The third kappa shape index (κ3) is 11.7. The number of hydrogen-bond donors (Lipinski definition) is 0. The van der Waals surface area contributed by atoms with Crippen molar-refractivity contribution >= 4 is 0 Å².